The zero-order valence-corrected chi connectivity index (χ0v) is 17.1. The fourth-order valence-electron chi connectivity index (χ4n) is 3.14. The van der Waals surface area contributed by atoms with Gasteiger partial charge < -0.3 is 19.9 Å². The summed E-state index contributed by atoms with van der Waals surface area (Å²) in [6.45, 7) is 10.0. The largest absolute Gasteiger partial charge is 0.379 e. The maximum absolute atomic E-state index is 5.45. The van der Waals surface area contributed by atoms with Crippen molar-refractivity contribution in [2.75, 3.05) is 33.4 Å². The Hall–Kier alpha value is -2.38. The highest BCUT2D eigenvalue weighted by Gasteiger charge is 2.13. The Morgan fingerprint density at radius 1 is 1.14 bits per heavy atom. The second kappa shape index (κ2) is 10.2. The lowest BCUT2D eigenvalue weighted by molar-refractivity contribution is 0.0341. The van der Waals surface area contributed by atoms with E-state index in [4.69, 9.17) is 9.26 Å². The molecule has 0 bridgehead atoms. The van der Waals surface area contributed by atoms with Gasteiger partial charge in [0.2, 0.25) is 0 Å². The van der Waals surface area contributed by atoms with Crippen LogP contribution in [0.3, 0.4) is 0 Å². The SMILES string of the molecule is CN=C(NCc1cc(C(C)C)no1)NCc1ccccc1CN1CCOCC1. The Morgan fingerprint density at radius 2 is 1.86 bits per heavy atom. The lowest BCUT2D eigenvalue weighted by atomic mass is 10.1. The molecule has 0 atom stereocenters. The first kappa shape index (κ1) is 20.4. The molecule has 152 valence electrons. The third-order valence-electron chi connectivity index (χ3n) is 4.88. The van der Waals surface area contributed by atoms with Crippen LogP contribution in [0.2, 0.25) is 0 Å². The van der Waals surface area contributed by atoms with Crippen LogP contribution in [0.5, 0.6) is 0 Å². The van der Waals surface area contributed by atoms with Crippen molar-refractivity contribution >= 4 is 5.96 Å². The molecule has 0 aliphatic carbocycles. The molecule has 2 aromatic rings. The van der Waals surface area contributed by atoms with Crippen LogP contribution in [0.1, 0.15) is 42.3 Å². The molecular formula is C21H31N5O2. The number of hydrogen-bond donors (Lipinski definition) is 2. The highest BCUT2D eigenvalue weighted by molar-refractivity contribution is 5.79. The summed E-state index contributed by atoms with van der Waals surface area (Å²) in [7, 11) is 1.77. The zero-order valence-electron chi connectivity index (χ0n) is 17.1. The number of ether oxygens (including phenoxy) is 1. The summed E-state index contributed by atoms with van der Waals surface area (Å²) in [5, 5.41) is 10.8. The number of aliphatic imine (C=N–C) groups is 1. The summed E-state index contributed by atoms with van der Waals surface area (Å²) in [6, 6.07) is 10.5. The van der Waals surface area contributed by atoms with Crippen molar-refractivity contribution in [1.82, 2.24) is 20.7 Å². The van der Waals surface area contributed by atoms with Crippen molar-refractivity contribution in [1.29, 1.82) is 0 Å². The number of nitrogens with one attached hydrogen (secondary N) is 2. The topological polar surface area (TPSA) is 74.9 Å². The summed E-state index contributed by atoms with van der Waals surface area (Å²) in [5.74, 6) is 1.90. The minimum Gasteiger partial charge on any atom is -0.379 e. The van der Waals surface area contributed by atoms with Gasteiger partial charge in [-0.25, -0.2) is 0 Å². The highest BCUT2D eigenvalue weighted by Crippen LogP contribution is 2.14. The van der Waals surface area contributed by atoms with Gasteiger partial charge in [-0.15, -0.1) is 0 Å². The van der Waals surface area contributed by atoms with Crippen LogP contribution in [0, 0.1) is 0 Å². The van der Waals surface area contributed by atoms with Gasteiger partial charge in [0, 0.05) is 39.3 Å². The molecule has 1 aliphatic heterocycles. The predicted octanol–water partition coefficient (Wildman–Crippen LogP) is 2.50. The second-order valence-electron chi connectivity index (χ2n) is 7.31. The Labute approximate surface area is 167 Å². The average molecular weight is 386 g/mol. The van der Waals surface area contributed by atoms with Gasteiger partial charge in [-0.2, -0.15) is 0 Å². The van der Waals surface area contributed by atoms with E-state index >= 15 is 0 Å². The third-order valence-corrected chi connectivity index (χ3v) is 4.88. The van der Waals surface area contributed by atoms with Gasteiger partial charge >= 0.3 is 0 Å². The summed E-state index contributed by atoms with van der Waals surface area (Å²) in [4.78, 5) is 6.75. The van der Waals surface area contributed by atoms with E-state index in [9.17, 15) is 0 Å². The molecule has 0 amide bonds. The van der Waals surface area contributed by atoms with Crippen molar-refractivity contribution in [3.05, 3.63) is 52.9 Å². The van der Waals surface area contributed by atoms with E-state index in [-0.39, 0.29) is 0 Å². The normalized spacial score (nSPS) is 15.8. The zero-order chi connectivity index (χ0) is 19.8. The maximum atomic E-state index is 5.45. The van der Waals surface area contributed by atoms with Crippen LogP contribution in [0.25, 0.3) is 0 Å². The molecule has 7 nitrogen and oxygen atoms in total. The van der Waals surface area contributed by atoms with Crippen LogP contribution < -0.4 is 10.6 Å². The molecular weight excluding hydrogens is 354 g/mol. The summed E-state index contributed by atoms with van der Waals surface area (Å²) >= 11 is 0. The fourth-order valence-corrected chi connectivity index (χ4v) is 3.14. The molecule has 1 aromatic carbocycles. The molecule has 1 aliphatic rings. The van der Waals surface area contributed by atoms with E-state index in [0.717, 1.165) is 50.3 Å². The Bertz CT molecular complexity index is 766. The van der Waals surface area contributed by atoms with Gasteiger partial charge in [0.05, 0.1) is 25.5 Å². The van der Waals surface area contributed by atoms with E-state index < -0.39 is 0 Å². The van der Waals surface area contributed by atoms with Gasteiger partial charge in [0.25, 0.3) is 0 Å². The molecule has 28 heavy (non-hydrogen) atoms. The first-order valence-corrected chi connectivity index (χ1v) is 9.92. The molecule has 2 heterocycles. The molecule has 0 unspecified atom stereocenters. The van der Waals surface area contributed by atoms with Gasteiger partial charge in [0.1, 0.15) is 0 Å². The van der Waals surface area contributed by atoms with Gasteiger partial charge in [0.15, 0.2) is 11.7 Å². The molecule has 2 N–H and O–H groups in total. The molecule has 0 saturated carbocycles. The van der Waals surface area contributed by atoms with Gasteiger partial charge in [-0.3, -0.25) is 9.89 Å². The lowest BCUT2D eigenvalue weighted by Gasteiger charge is -2.27. The molecule has 1 aromatic heterocycles. The molecule has 3 rings (SSSR count). The van der Waals surface area contributed by atoms with E-state index in [1.165, 1.54) is 11.1 Å². The second-order valence-corrected chi connectivity index (χ2v) is 7.31. The highest BCUT2D eigenvalue weighted by atomic mass is 16.5. The molecule has 0 radical (unpaired) electrons. The van der Waals surface area contributed by atoms with Crippen LogP contribution in [-0.2, 0) is 24.4 Å². The monoisotopic (exact) mass is 385 g/mol. The van der Waals surface area contributed by atoms with E-state index in [1.807, 2.05) is 6.07 Å². The average Bonchev–Trinajstić information content (AvgIpc) is 3.19. The standard InChI is InChI=1S/C21H31N5O2/c1-16(2)20-12-19(28-25-20)14-24-21(22-3)23-13-17-6-4-5-7-18(17)15-26-8-10-27-11-9-26/h4-7,12,16H,8-11,13-15H2,1-3H3,(H2,22,23,24). The predicted molar refractivity (Wildman–Crippen MR) is 110 cm³/mol. The molecule has 1 fully saturated rings. The van der Waals surface area contributed by atoms with Gasteiger partial charge in [-0.1, -0.05) is 43.3 Å². The van der Waals surface area contributed by atoms with Crippen LogP contribution >= 0.6 is 0 Å². The number of benzene rings is 1. The first-order chi connectivity index (χ1) is 13.7. The van der Waals surface area contributed by atoms with Crippen LogP contribution in [0.15, 0.2) is 39.8 Å². The van der Waals surface area contributed by atoms with Crippen molar-refractivity contribution in [3.63, 3.8) is 0 Å². The summed E-state index contributed by atoms with van der Waals surface area (Å²) in [6.07, 6.45) is 0. The smallest absolute Gasteiger partial charge is 0.191 e. The summed E-state index contributed by atoms with van der Waals surface area (Å²) < 4.78 is 10.8. The van der Waals surface area contributed by atoms with Crippen molar-refractivity contribution < 1.29 is 9.26 Å². The Kier molecular flexibility index (Phi) is 7.45. The van der Waals surface area contributed by atoms with Crippen molar-refractivity contribution in [2.45, 2.75) is 39.4 Å². The lowest BCUT2D eigenvalue weighted by Crippen LogP contribution is -2.37. The third kappa shape index (κ3) is 5.81. The molecule has 7 heteroatoms. The van der Waals surface area contributed by atoms with Gasteiger partial charge in [-0.05, 0) is 17.0 Å². The first-order valence-electron chi connectivity index (χ1n) is 9.92. The van der Waals surface area contributed by atoms with Crippen LogP contribution in [-0.4, -0.2) is 49.4 Å². The number of hydrogen-bond acceptors (Lipinski definition) is 5. The number of rotatable bonds is 7. The minimum absolute atomic E-state index is 0.359. The summed E-state index contributed by atoms with van der Waals surface area (Å²) in [5.41, 5.74) is 3.58. The Balaban J connectivity index is 1.53. The Morgan fingerprint density at radius 3 is 2.54 bits per heavy atom. The number of guanidine groups is 1. The fraction of sp³-hybridized carbons (Fsp3) is 0.524. The van der Waals surface area contributed by atoms with E-state index in [0.29, 0.717) is 19.0 Å². The van der Waals surface area contributed by atoms with Crippen molar-refractivity contribution in [3.8, 4) is 0 Å². The number of morpholine rings is 1. The van der Waals surface area contributed by atoms with E-state index in [2.05, 4.69) is 63.8 Å². The molecule has 0 spiro atoms. The van der Waals surface area contributed by atoms with E-state index in [1.54, 1.807) is 7.05 Å². The number of nitrogens with zero attached hydrogens (tertiary/aromatic N) is 3. The quantitative estimate of drug-likeness (QED) is 0.563. The minimum atomic E-state index is 0.359. The van der Waals surface area contributed by atoms with Crippen LogP contribution in [0.4, 0.5) is 0 Å². The number of aromatic nitrogens is 1. The maximum Gasteiger partial charge on any atom is 0.191 e. The van der Waals surface area contributed by atoms with Crippen molar-refractivity contribution in [2.24, 2.45) is 4.99 Å². The molecule has 1 saturated heterocycles.